The van der Waals surface area contributed by atoms with Crippen molar-refractivity contribution in [2.75, 3.05) is 87.7 Å². The van der Waals surface area contributed by atoms with Gasteiger partial charge in [-0.25, -0.2) is 19.1 Å². The number of carbonyl (C=O) groups excluding carboxylic acids is 1. The van der Waals surface area contributed by atoms with Crippen LogP contribution in [0, 0.1) is 34.1 Å². The number of nitrogen functional groups attached to an aromatic ring is 2. The fourth-order valence-corrected chi connectivity index (χ4v) is 6.67. The quantitative estimate of drug-likeness (QED) is 0.0605. The number of carboxylic acid groups (broad SMARTS) is 1. The monoisotopic (exact) mass is 910 g/mol. The van der Waals surface area contributed by atoms with Gasteiger partial charge in [-0.3, -0.25) is 31.8 Å². The van der Waals surface area contributed by atoms with Crippen molar-refractivity contribution >= 4 is 46.2 Å². The van der Waals surface area contributed by atoms with E-state index in [2.05, 4.69) is 51.1 Å². The highest BCUT2D eigenvalue weighted by atomic mass is 16.6. The van der Waals surface area contributed by atoms with Gasteiger partial charge in [-0.05, 0) is 98.3 Å². The van der Waals surface area contributed by atoms with Crippen LogP contribution in [0.1, 0.15) is 38.8 Å². The highest BCUT2D eigenvalue weighted by molar-refractivity contribution is 5.94. The lowest BCUT2D eigenvalue weighted by Gasteiger charge is -2.29. The Morgan fingerprint density at radius 2 is 1.45 bits per heavy atom. The Balaban J connectivity index is 0.000000174. The van der Waals surface area contributed by atoms with Crippen LogP contribution >= 0.6 is 0 Å². The number of anilines is 3. The molecule has 5 heterocycles. The van der Waals surface area contributed by atoms with Gasteiger partial charge in [0.15, 0.2) is 17.0 Å². The number of benzene rings is 3. The van der Waals surface area contributed by atoms with E-state index in [9.17, 15) is 40.0 Å². The molecule has 22 heteroatoms. The Labute approximate surface area is 378 Å². The number of nitrogens with two attached hydrogens (primary N) is 2. The van der Waals surface area contributed by atoms with Gasteiger partial charge in [0.25, 0.3) is 11.4 Å². The topological polar surface area (TPSA) is 293 Å². The average Bonchev–Trinajstić information content (AvgIpc) is 3.75. The van der Waals surface area contributed by atoms with E-state index in [0.29, 0.717) is 24.1 Å². The van der Waals surface area contributed by atoms with E-state index in [0.717, 1.165) is 87.3 Å². The van der Waals surface area contributed by atoms with E-state index >= 15 is 0 Å². The standard InChI is InChI=1S/C18H18N4O3.C12H17NO2.C8H11N3O2.C6H4N2O5/c1-12-11-13(21-7-9-25-10-8-21)4-5-14(12)16-19-17-15(18(23)24)3-2-6-22(17)20-16;1-10-9-11(3-4-12(10)14-2)13-5-7-15-8-6-13;1-2-13-8(12)6-4-3-5-11(10)7(6)9;9-6-2-1-4(7(10)11)3-5(6)8(12)13/h2-6,11H,7-10H2,1H3,(H,23,24);3-4,9H,5-8H2,1-2H3;3-5,9H,2,10H2,1H3;1-3,9H. The van der Waals surface area contributed by atoms with Gasteiger partial charge in [-0.2, -0.15) is 0 Å². The first-order chi connectivity index (χ1) is 31.6. The summed E-state index contributed by atoms with van der Waals surface area (Å²) < 4.78 is 23.4. The smallest absolute Gasteiger partial charge is 0.346 e. The molecule has 0 spiro atoms. The zero-order chi connectivity index (χ0) is 47.9. The first-order valence-corrected chi connectivity index (χ1v) is 20.4. The molecule has 0 radical (unpaired) electrons. The molecule has 0 amide bonds. The number of nitro benzene ring substituents is 2. The molecule has 0 saturated carbocycles. The third-order valence-corrected chi connectivity index (χ3v) is 10.1. The van der Waals surface area contributed by atoms with Gasteiger partial charge in [0, 0.05) is 55.4 Å². The predicted molar refractivity (Wildman–Crippen MR) is 240 cm³/mol. The minimum atomic E-state index is -1.01. The van der Waals surface area contributed by atoms with Gasteiger partial charge in [0.2, 0.25) is 0 Å². The minimum absolute atomic E-state index is 0.142. The molecule has 2 aliphatic heterocycles. The summed E-state index contributed by atoms with van der Waals surface area (Å²) in [4.78, 5) is 50.3. The normalized spacial score (nSPS) is 13.2. The van der Waals surface area contributed by atoms with Crippen LogP contribution in [0.3, 0.4) is 0 Å². The number of nitrogens with zero attached hydrogens (tertiary/aromatic N) is 8. The molecule has 3 aromatic carbocycles. The number of carboxylic acids is 1. The number of aromatic carboxylic acids is 1. The molecule has 0 aliphatic carbocycles. The number of morpholine rings is 2. The highest BCUT2D eigenvalue weighted by Gasteiger charge is 2.19. The number of aryl methyl sites for hydroxylation is 2. The van der Waals surface area contributed by atoms with Gasteiger partial charge in [0.05, 0.1) is 56.1 Å². The molecule has 2 aliphatic rings. The zero-order valence-corrected chi connectivity index (χ0v) is 36.7. The predicted octanol–water partition coefficient (Wildman–Crippen LogP) is 4.10. The molecule has 6 aromatic rings. The fraction of sp³-hybridized carbons (Fsp3) is 0.295. The Bertz CT molecular complexity index is 2670. The van der Waals surface area contributed by atoms with Crippen molar-refractivity contribution in [3.05, 3.63) is 134 Å². The molecular weight excluding hydrogens is 861 g/mol. The zero-order valence-electron chi connectivity index (χ0n) is 36.7. The van der Waals surface area contributed by atoms with Crippen LogP contribution in [0.25, 0.3) is 17.0 Å². The number of nitro groups is 2. The molecule has 2 saturated heterocycles. The average molecular weight is 911 g/mol. The minimum Gasteiger partial charge on any atom is -0.868 e. The van der Waals surface area contributed by atoms with E-state index in [1.807, 2.05) is 19.1 Å². The third kappa shape index (κ3) is 12.5. The summed E-state index contributed by atoms with van der Waals surface area (Å²) in [5, 5.41) is 44.9. The van der Waals surface area contributed by atoms with Crippen LogP contribution in [0.2, 0.25) is 0 Å². The molecule has 0 atom stereocenters. The number of non-ortho nitro benzene ring substituents is 1. The molecular formula is C44H50N10O12. The molecule has 8 rings (SSSR count). The van der Waals surface area contributed by atoms with E-state index in [1.54, 1.807) is 44.6 Å². The summed E-state index contributed by atoms with van der Waals surface area (Å²) in [5.41, 5.74) is 10.6. The van der Waals surface area contributed by atoms with Crippen LogP contribution < -0.4 is 35.9 Å². The largest absolute Gasteiger partial charge is 0.868 e. The maximum Gasteiger partial charge on any atom is 0.346 e. The van der Waals surface area contributed by atoms with Gasteiger partial charge in [-0.15, -0.1) is 9.77 Å². The Morgan fingerprint density at radius 1 is 0.848 bits per heavy atom. The number of esters is 1. The summed E-state index contributed by atoms with van der Waals surface area (Å²) >= 11 is 0. The van der Waals surface area contributed by atoms with Crippen molar-refractivity contribution in [1.82, 2.24) is 14.6 Å². The highest BCUT2D eigenvalue weighted by Crippen LogP contribution is 2.29. The lowest BCUT2D eigenvalue weighted by atomic mass is 10.1. The SMILES string of the molecule is CCOC(=O)c1ccc[n+](N)c1N.COc1ccc(N2CCOCC2)cc1C.Cc1cc(N2CCOCC2)ccc1-c1nc2c(C(=O)O)cccn2n1.O=[N+]([O-])c1ccc([O-])c([N+](=O)[O-])c1. The van der Waals surface area contributed by atoms with E-state index < -0.39 is 38.9 Å². The van der Waals surface area contributed by atoms with E-state index in [1.165, 1.54) is 26.5 Å². The molecule has 0 unspecified atom stereocenters. The van der Waals surface area contributed by atoms with Gasteiger partial charge in [0.1, 0.15) is 17.5 Å². The van der Waals surface area contributed by atoms with Crippen molar-refractivity contribution in [1.29, 1.82) is 0 Å². The number of pyridine rings is 2. The van der Waals surface area contributed by atoms with Gasteiger partial charge < -0.3 is 39.0 Å². The van der Waals surface area contributed by atoms with Crippen LogP contribution in [0.5, 0.6) is 11.5 Å². The van der Waals surface area contributed by atoms with Crippen molar-refractivity contribution < 1.29 is 53.3 Å². The number of ether oxygens (including phenoxy) is 4. The van der Waals surface area contributed by atoms with Crippen molar-refractivity contribution in [3.8, 4) is 22.9 Å². The second-order valence-electron chi connectivity index (χ2n) is 14.4. The second kappa shape index (κ2) is 23.0. The molecule has 5 N–H and O–H groups in total. The maximum absolute atomic E-state index is 11.4. The molecule has 66 heavy (non-hydrogen) atoms. The number of fused-ring (bicyclic) bond motifs is 1. The number of rotatable bonds is 9. The third-order valence-electron chi connectivity index (χ3n) is 10.1. The van der Waals surface area contributed by atoms with E-state index in [4.69, 9.17) is 30.5 Å². The van der Waals surface area contributed by atoms with Crippen molar-refractivity contribution in [2.45, 2.75) is 20.8 Å². The number of aromatic nitrogens is 4. The number of hydrogen-bond donors (Lipinski definition) is 3. The Morgan fingerprint density at radius 3 is 2.00 bits per heavy atom. The lowest BCUT2D eigenvalue weighted by molar-refractivity contribution is -0.623. The number of hydrogen-bond acceptors (Lipinski definition) is 17. The molecule has 0 bridgehead atoms. The summed E-state index contributed by atoms with van der Waals surface area (Å²) in [5.74, 6) is 4.81. The van der Waals surface area contributed by atoms with Crippen LogP contribution in [0.4, 0.5) is 28.6 Å². The van der Waals surface area contributed by atoms with Crippen LogP contribution in [-0.2, 0) is 14.2 Å². The molecule has 2 fully saturated rings. The Kier molecular flexibility index (Phi) is 17.0. The molecule has 3 aromatic heterocycles. The maximum atomic E-state index is 11.4. The fourth-order valence-electron chi connectivity index (χ4n) is 6.67. The number of carbonyl (C=O) groups is 2. The molecule has 348 valence electrons. The van der Waals surface area contributed by atoms with Crippen LogP contribution in [0.15, 0.2) is 91.3 Å². The van der Waals surface area contributed by atoms with Crippen molar-refractivity contribution in [2.24, 2.45) is 0 Å². The van der Waals surface area contributed by atoms with Gasteiger partial charge >= 0.3 is 17.8 Å². The summed E-state index contributed by atoms with van der Waals surface area (Å²) in [6.45, 7) is 13.0. The summed E-state index contributed by atoms with van der Waals surface area (Å²) in [6.07, 6.45) is 3.26. The summed E-state index contributed by atoms with van der Waals surface area (Å²) in [7, 11) is 1.71. The first kappa shape index (κ1) is 48.9. The second-order valence-corrected chi connectivity index (χ2v) is 14.4. The Hall–Kier alpha value is -8.11. The first-order valence-electron chi connectivity index (χ1n) is 20.4. The van der Waals surface area contributed by atoms with Crippen molar-refractivity contribution in [3.63, 3.8) is 0 Å². The number of methoxy groups -OCH3 is 1. The lowest BCUT2D eigenvalue weighted by Crippen LogP contribution is -2.47. The van der Waals surface area contributed by atoms with E-state index in [-0.39, 0.29) is 16.9 Å². The summed E-state index contributed by atoms with van der Waals surface area (Å²) in [6, 6.07) is 21.2. The van der Waals surface area contributed by atoms with Gasteiger partial charge in [-0.1, -0.05) is 6.07 Å². The van der Waals surface area contributed by atoms with Crippen LogP contribution in [-0.4, -0.2) is 108 Å². The molecule has 22 nitrogen and oxygen atoms in total.